The van der Waals surface area contributed by atoms with Gasteiger partial charge in [-0.2, -0.15) is 0 Å². The van der Waals surface area contributed by atoms with Crippen molar-refractivity contribution >= 4 is 11.6 Å². The summed E-state index contributed by atoms with van der Waals surface area (Å²) in [6, 6.07) is 0.482. The van der Waals surface area contributed by atoms with Crippen molar-refractivity contribution in [2.45, 2.75) is 44.6 Å². The van der Waals surface area contributed by atoms with Crippen molar-refractivity contribution < 1.29 is 4.79 Å². The average Bonchev–Trinajstić information content (AvgIpc) is 2.69. The second kappa shape index (κ2) is 4.04. The maximum Gasteiger partial charge on any atom is 0.256 e. The van der Waals surface area contributed by atoms with Crippen LogP contribution in [0.4, 0.5) is 0 Å². The van der Waals surface area contributed by atoms with Crippen molar-refractivity contribution in [1.29, 1.82) is 0 Å². The number of carbonyl (C=O) groups excluding carboxylic acids is 1. The van der Waals surface area contributed by atoms with Gasteiger partial charge in [-0.3, -0.25) is 9.79 Å². The number of carbonyl (C=O) groups is 1. The number of aliphatic imine (C=N–C) groups is 1. The Labute approximate surface area is 96.2 Å². The van der Waals surface area contributed by atoms with E-state index < -0.39 is 0 Å². The molecule has 2 aliphatic heterocycles. The van der Waals surface area contributed by atoms with Crippen molar-refractivity contribution in [3.8, 4) is 0 Å². The van der Waals surface area contributed by atoms with Gasteiger partial charge < -0.3 is 4.90 Å². The van der Waals surface area contributed by atoms with Gasteiger partial charge >= 0.3 is 0 Å². The van der Waals surface area contributed by atoms with Crippen molar-refractivity contribution in [3.05, 3.63) is 11.6 Å². The molecule has 16 heavy (non-hydrogen) atoms. The first-order chi connectivity index (χ1) is 7.86. The van der Waals surface area contributed by atoms with Crippen LogP contribution < -0.4 is 0 Å². The van der Waals surface area contributed by atoms with E-state index in [9.17, 15) is 4.79 Å². The van der Waals surface area contributed by atoms with E-state index in [-0.39, 0.29) is 5.91 Å². The number of rotatable bonds is 1. The van der Waals surface area contributed by atoms with Gasteiger partial charge in [-0.05, 0) is 19.3 Å². The number of nitrogens with zero attached hydrogens (tertiary/aromatic N) is 2. The highest BCUT2D eigenvalue weighted by atomic mass is 16.2. The van der Waals surface area contributed by atoms with Crippen molar-refractivity contribution in [2.75, 3.05) is 13.1 Å². The summed E-state index contributed by atoms with van der Waals surface area (Å²) in [5, 5.41) is 0. The fourth-order valence-corrected chi connectivity index (χ4v) is 3.03. The number of likely N-dealkylation sites (tertiary alicyclic amines) is 1. The molecule has 2 fully saturated rings. The third-order valence-electron chi connectivity index (χ3n) is 3.92. The minimum absolute atomic E-state index is 0.241. The van der Waals surface area contributed by atoms with Crippen LogP contribution in [0.1, 0.15) is 38.5 Å². The van der Waals surface area contributed by atoms with E-state index in [0.717, 1.165) is 30.8 Å². The first-order valence-corrected chi connectivity index (χ1v) is 6.41. The molecule has 3 nitrogen and oxygen atoms in total. The highest BCUT2D eigenvalue weighted by molar-refractivity contribution is 6.27. The Balaban J connectivity index is 1.80. The normalized spacial score (nSPS) is 26.5. The lowest BCUT2D eigenvalue weighted by molar-refractivity contribution is -0.127. The van der Waals surface area contributed by atoms with Gasteiger partial charge in [-0.15, -0.1) is 0 Å². The highest BCUT2D eigenvalue weighted by Crippen LogP contribution is 2.28. The lowest BCUT2D eigenvalue weighted by Gasteiger charge is -2.30. The molecule has 1 saturated carbocycles. The van der Waals surface area contributed by atoms with Gasteiger partial charge in [0.15, 0.2) is 0 Å². The van der Waals surface area contributed by atoms with Crippen LogP contribution in [0.15, 0.2) is 16.6 Å². The Morgan fingerprint density at radius 3 is 2.81 bits per heavy atom. The molecular formula is C13H18N2O. The van der Waals surface area contributed by atoms with Crippen molar-refractivity contribution in [3.63, 3.8) is 0 Å². The van der Waals surface area contributed by atoms with Crippen LogP contribution in [0.5, 0.6) is 0 Å². The zero-order valence-electron chi connectivity index (χ0n) is 9.61. The number of dihydropyridines is 1. The summed E-state index contributed by atoms with van der Waals surface area (Å²) in [6.07, 6.45) is 9.28. The summed E-state index contributed by atoms with van der Waals surface area (Å²) >= 11 is 0. The Kier molecular flexibility index (Phi) is 2.54. The molecule has 0 aromatic heterocycles. The summed E-state index contributed by atoms with van der Waals surface area (Å²) in [6.45, 7) is 1.64. The molecule has 2 heterocycles. The van der Waals surface area contributed by atoms with Crippen LogP contribution in [0.25, 0.3) is 0 Å². The molecule has 0 unspecified atom stereocenters. The molecule has 0 aromatic rings. The average molecular weight is 218 g/mol. The van der Waals surface area contributed by atoms with Gasteiger partial charge in [0.05, 0.1) is 17.8 Å². The van der Waals surface area contributed by atoms with Gasteiger partial charge in [-0.25, -0.2) is 0 Å². The van der Waals surface area contributed by atoms with Crippen LogP contribution in [0, 0.1) is 0 Å². The highest BCUT2D eigenvalue weighted by Gasteiger charge is 2.36. The molecule has 0 atom stereocenters. The smallest absolute Gasteiger partial charge is 0.256 e. The molecule has 3 rings (SSSR count). The topological polar surface area (TPSA) is 32.7 Å². The summed E-state index contributed by atoms with van der Waals surface area (Å²) in [4.78, 5) is 18.8. The molecule has 0 aromatic carbocycles. The first kappa shape index (κ1) is 10.1. The maximum absolute atomic E-state index is 12.2. The summed E-state index contributed by atoms with van der Waals surface area (Å²) in [5.74, 6) is 0.241. The molecule has 3 heteroatoms. The number of fused-ring (bicyclic) bond motifs is 1. The quantitative estimate of drug-likeness (QED) is 0.662. The van der Waals surface area contributed by atoms with Crippen LogP contribution >= 0.6 is 0 Å². The van der Waals surface area contributed by atoms with Gasteiger partial charge in [-0.1, -0.05) is 25.3 Å². The van der Waals surface area contributed by atoms with Crippen LogP contribution in [0.2, 0.25) is 0 Å². The zero-order valence-corrected chi connectivity index (χ0v) is 9.61. The van der Waals surface area contributed by atoms with E-state index in [4.69, 9.17) is 0 Å². The predicted molar refractivity (Wildman–Crippen MR) is 63.6 cm³/mol. The monoisotopic (exact) mass is 218 g/mol. The molecule has 0 N–H and O–H groups in total. The molecule has 1 aliphatic carbocycles. The SMILES string of the molecule is O=C1C2=CCCN=C2CN1C1CCCCC1. The molecule has 1 saturated heterocycles. The minimum atomic E-state index is 0.241. The Morgan fingerprint density at radius 2 is 2.06 bits per heavy atom. The van der Waals surface area contributed by atoms with Gasteiger partial charge in [0.25, 0.3) is 5.91 Å². The lowest BCUT2D eigenvalue weighted by atomic mass is 9.94. The fraction of sp³-hybridized carbons (Fsp3) is 0.692. The van der Waals surface area contributed by atoms with E-state index in [1.165, 1.54) is 32.1 Å². The minimum Gasteiger partial charge on any atom is -0.330 e. The molecular weight excluding hydrogens is 200 g/mol. The van der Waals surface area contributed by atoms with Crippen LogP contribution in [-0.4, -0.2) is 35.7 Å². The maximum atomic E-state index is 12.2. The summed E-state index contributed by atoms with van der Waals surface area (Å²) < 4.78 is 0. The van der Waals surface area contributed by atoms with Crippen molar-refractivity contribution in [2.24, 2.45) is 4.99 Å². The molecule has 0 bridgehead atoms. The van der Waals surface area contributed by atoms with E-state index in [1.54, 1.807) is 0 Å². The number of amides is 1. The summed E-state index contributed by atoms with van der Waals surface area (Å²) in [5.41, 5.74) is 1.94. The Hall–Kier alpha value is -1.12. The van der Waals surface area contributed by atoms with Gasteiger partial charge in [0.2, 0.25) is 0 Å². The largest absolute Gasteiger partial charge is 0.330 e. The molecule has 0 radical (unpaired) electrons. The van der Waals surface area contributed by atoms with Gasteiger partial charge in [0.1, 0.15) is 0 Å². The van der Waals surface area contributed by atoms with E-state index >= 15 is 0 Å². The third-order valence-corrected chi connectivity index (χ3v) is 3.92. The molecule has 1 amide bonds. The predicted octanol–water partition coefficient (Wildman–Crippen LogP) is 1.93. The first-order valence-electron chi connectivity index (χ1n) is 6.41. The lowest BCUT2D eigenvalue weighted by Crippen LogP contribution is -2.38. The second-order valence-corrected chi connectivity index (χ2v) is 4.96. The van der Waals surface area contributed by atoms with E-state index in [2.05, 4.69) is 16.0 Å². The zero-order chi connectivity index (χ0) is 11.0. The van der Waals surface area contributed by atoms with E-state index in [0.29, 0.717) is 6.04 Å². The standard InChI is InChI=1S/C13H18N2O/c16-13-11-7-4-8-14-12(11)9-15(13)10-5-2-1-3-6-10/h7,10H,1-6,8-9H2. The molecule has 0 spiro atoms. The van der Waals surface area contributed by atoms with Crippen LogP contribution in [0.3, 0.4) is 0 Å². The Bertz CT molecular complexity index is 364. The Morgan fingerprint density at radius 1 is 1.25 bits per heavy atom. The number of hydrogen-bond donors (Lipinski definition) is 0. The molecule has 86 valence electrons. The third kappa shape index (κ3) is 1.58. The second-order valence-electron chi connectivity index (χ2n) is 4.96. The van der Waals surface area contributed by atoms with Gasteiger partial charge in [0, 0.05) is 12.6 Å². The summed E-state index contributed by atoms with van der Waals surface area (Å²) in [7, 11) is 0. The van der Waals surface area contributed by atoms with E-state index in [1.807, 2.05) is 0 Å². The van der Waals surface area contributed by atoms with Crippen LogP contribution in [-0.2, 0) is 4.79 Å². The molecule has 3 aliphatic rings. The fourth-order valence-electron chi connectivity index (χ4n) is 3.03. The number of hydrogen-bond acceptors (Lipinski definition) is 2. The van der Waals surface area contributed by atoms with Crippen molar-refractivity contribution in [1.82, 2.24) is 4.90 Å².